The number of sulfone groups is 1. The minimum absolute atomic E-state index is 0.0113. The normalized spacial score (nSPS) is 14.3. The van der Waals surface area contributed by atoms with Gasteiger partial charge in [-0.1, -0.05) is 0 Å². The van der Waals surface area contributed by atoms with Crippen LogP contribution in [0.4, 0.5) is 0 Å². The van der Waals surface area contributed by atoms with Crippen molar-refractivity contribution < 1.29 is 13.5 Å². The Morgan fingerprint density at radius 3 is 1.93 bits per heavy atom. The summed E-state index contributed by atoms with van der Waals surface area (Å²) in [5.74, 6) is 0.0972. The molecule has 0 rings (SSSR count). The van der Waals surface area contributed by atoms with Gasteiger partial charge in [-0.25, -0.2) is 8.42 Å². The van der Waals surface area contributed by atoms with Gasteiger partial charge in [-0.05, 0) is 34.6 Å². The van der Waals surface area contributed by atoms with Crippen LogP contribution < -0.4 is 5.32 Å². The lowest BCUT2D eigenvalue weighted by molar-refractivity contribution is 0.191. The van der Waals surface area contributed by atoms with Gasteiger partial charge in [0.05, 0.1) is 17.1 Å². The van der Waals surface area contributed by atoms with E-state index >= 15 is 0 Å². The molecule has 0 fully saturated rings. The predicted octanol–water partition coefficient (Wildman–Crippen LogP) is 0.560. The van der Waals surface area contributed by atoms with E-state index in [4.69, 9.17) is 5.11 Å². The average Bonchev–Trinajstić information content (AvgIpc) is 2.01. The fourth-order valence-electron chi connectivity index (χ4n) is 0.886. The van der Waals surface area contributed by atoms with Gasteiger partial charge in [0, 0.05) is 12.1 Å². The molecule has 0 aromatic carbocycles. The topological polar surface area (TPSA) is 66.4 Å². The molecule has 0 aromatic heterocycles. The monoisotopic (exact) mass is 237 g/mol. The Hall–Kier alpha value is -0.130. The van der Waals surface area contributed by atoms with Crippen molar-refractivity contribution in [3.8, 4) is 0 Å². The molecule has 0 atom stereocenters. The number of hydrogen-bond acceptors (Lipinski definition) is 4. The van der Waals surface area contributed by atoms with Crippen LogP contribution in [0, 0.1) is 0 Å². The summed E-state index contributed by atoms with van der Waals surface area (Å²) >= 11 is 0. The van der Waals surface area contributed by atoms with E-state index in [0.29, 0.717) is 6.54 Å². The smallest absolute Gasteiger partial charge is 0.156 e. The van der Waals surface area contributed by atoms with Gasteiger partial charge < -0.3 is 10.4 Å². The second kappa shape index (κ2) is 4.80. The highest BCUT2D eigenvalue weighted by atomic mass is 32.2. The Morgan fingerprint density at radius 1 is 1.13 bits per heavy atom. The van der Waals surface area contributed by atoms with Crippen LogP contribution in [0.1, 0.15) is 34.6 Å². The quantitative estimate of drug-likeness (QED) is 0.733. The van der Waals surface area contributed by atoms with Gasteiger partial charge in [0.1, 0.15) is 0 Å². The first-order valence-corrected chi connectivity index (χ1v) is 6.75. The van der Waals surface area contributed by atoms with E-state index in [9.17, 15) is 8.42 Å². The largest absolute Gasteiger partial charge is 0.394 e. The van der Waals surface area contributed by atoms with Gasteiger partial charge in [-0.15, -0.1) is 0 Å². The minimum atomic E-state index is -3.07. The molecule has 2 N–H and O–H groups in total. The van der Waals surface area contributed by atoms with Crippen LogP contribution in [0.25, 0.3) is 0 Å². The second-order valence-electron chi connectivity index (χ2n) is 5.40. The molecule has 0 radical (unpaired) electrons. The summed E-state index contributed by atoms with van der Waals surface area (Å²) in [6.45, 7) is 9.10. The van der Waals surface area contributed by atoms with Crippen LogP contribution in [0.2, 0.25) is 0 Å². The van der Waals surface area contributed by atoms with Crippen molar-refractivity contribution >= 4 is 9.84 Å². The van der Waals surface area contributed by atoms with Crippen LogP contribution >= 0.6 is 0 Å². The zero-order valence-electron chi connectivity index (χ0n) is 10.3. The number of nitrogens with one attached hydrogen (secondary N) is 1. The van der Waals surface area contributed by atoms with Gasteiger partial charge in [0.25, 0.3) is 0 Å². The summed E-state index contributed by atoms with van der Waals surface area (Å²) in [5.41, 5.74) is -0.423. The molecule has 5 heteroatoms. The number of hydrogen-bond donors (Lipinski definition) is 2. The van der Waals surface area contributed by atoms with Crippen molar-refractivity contribution in [2.24, 2.45) is 0 Å². The molecule has 0 unspecified atom stereocenters. The Morgan fingerprint density at radius 2 is 1.60 bits per heavy atom. The first-order valence-electron chi connectivity index (χ1n) is 5.10. The van der Waals surface area contributed by atoms with E-state index in [1.165, 1.54) is 0 Å². The molecular formula is C10H23NO3S. The van der Waals surface area contributed by atoms with Crippen LogP contribution in [0.3, 0.4) is 0 Å². The summed E-state index contributed by atoms with van der Waals surface area (Å²) in [5, 5.41) is 12.0. The molecule has 0 heterocycles. The molecule has 15 heavy (non-hydrogen) atoms. The summed E-state index contributed by atoms with van der Waals surface area (Å²) < 4.78 is 22.7. The fourth-order valence-corrected chi connectivity index (χ4v) is 1.87. The van der Waals surface area contributed by atoms with Gasteiger partial charge in [-0.3, -0.25) is 0 Å². The molecular weight excluding hydrogens is 214 g/mol. The lowest BCUT2D eigenvalue weighted by Crippen LogP contribution is -2.46. The number of rotatable bonds is 5. The van der Waals surface area contributed by atoms with Gasteiger partial charge in [0.2, 0.25) is 0 Å². The highest BCUT2D eigenvalue weighted by molar-refractivity contribution is 7.92. The van der Waals surface area contributed by atoms with Crippen LogP contribution in [-0.4, -0.2) is 42.7 Å². The lowest BCUT2D eigenvalue weighted by Gasteiger charge is -2.25. The molecule has 0 aliphatic rings. The van der Waals surface area contributed by atoms with Crippen LogP contribution in [0.15, 0.2) is 0 Å². The Balaban J connectivity index is 4.20. The minimum Gasteiger partial charge on any atom is -0.394 e. The standard InChI is InChI=1S/C10H23NO3S/c1-9(2,3)15(13,14)7-6-11-10(4,5)8-12/h11-12H,6-8H2,1-5H3. The maximum Gasteiger partial charge on any atom is 0.156 e. The van der Waals surface area contributed by atoms with Crippen molar-refractivity contribution in [3.05, 3.63) is 0 Å². The third kappa shape index (κ3) is 4.95. The van der Waals surface area contributed by atoms with Crippen LogP contribution in [-0.2, 0) is 9.84 Å². The molecule has 0 aromatic rings. The SMILES string of the molecule is CC(C)(CO)NCCS(=O)(=O)C(C)(C)C. The van der Waals surface area contributed by atoms with Crippen molar-refractivity contribution in [3.63, 3.8) is 0 Å². The lowest BCUT2D eigenvalue weighted by atomic mass is 10.1. The van der Waals surface area contributed by atoms with Gasteiger partial charge in [-0.2, -0.15) is 0 Å². The fraction of sp³-hybridized carbons (Fsp3) is 1.00. The number of aliphatic hydroxyl groups excluding tert-OH is 1. The van der Waals surface area contributed by atoms with Crippen molar-refractivity contribution in [2.45, 2.75) is 44.9 Å². The third-order valence-electron chi connectivity index (χ3n) is 2.30. The van der Waals surface area contributed by atoms with Crippen molar-refractivity contribution in [1.29, 1.82) is 0 Å². The number of aliphatic hydroxyl groups is 1. The zero-order valence-corrected chi connectivity index (χ0v) is 11.1. The van der Waals surface area contributed by atoms with E-state index in [1.54, 1.807) is 20.8 Å². The second-order valence-corrected chi connectivity index (χ2v) is 8.26. The van der Waals surface area contributed by atoms with Crippen LogP contribution in [0.5, 0.6) is 0 Å². The summed E-state index contributed by atoms with van der Waals surface area (Å²) in [6.07, 6.45) is 0. The molecule has 0 bridgehead atoms. The summed E-state index contributed by atoms with van der Waals surface area (Å²) in [4.78, 5) is 0. The maximum atomic E-state index is 11.7. The third-order valence-corrected chi connectivity index (χ3v) is 4.91. The Bertz CT molecular complexity index is 288. The van der Waals surface area contributed by atoms with E-state index in [0.717, 1.165) is 0 Å². The highest BCUT2D eigenvalue weighted by Crippen LogP contribution is 2.15. The van der Waals surface area contributed by atoms with Crippen molar-refractivity contribution in [2.75, 3.05) is 18.9 Å². The summed E-state index contributed by atoms with van der Waals surface area (Å²) in [6, 6.07) is 0. The average molecular weight is 237 g/mol. The van der Waals surface area contributed by atoms with E-state index in [2.05, 4.69) is 5.32 Å². The predicted molar refractivity (Wildman–Crippen MR) is 62.7 cm³/mol. The highest BCUT2D eigenvalue weighted by Gasteiger charge is 2.28. The first-order chi connectivity index (χ1) is 6.52. The Labute approximate surface area is 93.0 Å². The first kappa shape index (κ1) is 14.9. The van der Waals surface area contributed by atoms with Gasteiger partial charge >= 0.3 is 0 Å². The molecule has 0 spiro atoms. The summed E-state index contributed by atoms with van der Waals surface area (Å²) in [7, 11) is -3.07. The van der Waals surface area contributed by atoms with Gasteiger partial charge in [0.15, 0.2) is 9.84 Å². The van der Waals surface area contributed by atoms with E-state index < -0.39 is 20.1 Å². The molecule has 0 saturated carbocycles. The Kier molecular flexibility index (Phi) is 4.76. The maximum absolute atomic E-state index is 11.7. The molecule has 0 saturated heterocycles. The molecule has 0 amide bonds. The van der Waals surface area contributed by atoms with E-state index in [-0.39, 0.29) is 12.4 Å². The molecule has 0 aliphatic heterocycles. The molecule has 92 valence electrons. The zero-order chi connectivity index (χ0) is 12.3. The van der Waals surface area contributed by atoms with E-state index in [1.807, 2.05) is 13.8 Å². The molecule has 4 nitrogen and oxygen atoms in total. The molecule has 0 aliphatic carbocycles. The van der Waals surface area contributed by atoms with Crippen molar-refractivity contribution in [1.82, 2.24) is 5.32 Å².